The second-order valence-corrected chi connectivity index (χ2v) is 8.85. The monoisotopic (exact) mass is 412 g/mol. The molecule has 0 amide bonds. The average Bonchev–Trinajstić information content (AvgIpc) is 3.44. The van der Waals surface area contributed by atoms with Crippen molar-refractivity contribution in [1.82, 2.24) is 24.2 Å². The Balaban J connectivity index is 1.59. The van der Waals surface area contributed by atoms with Gasteiger partial charge in [0.15, 0.2) is 5.82 Å². The van der Waals surface area contributed by atoms with Crippen molar-refractivity contribution in [3.63, 3.8) is 0 Å². The zero-order valence-electron chi connectivity index (χ0n) is 16.2. The lowest BCUT2D eigenvalue weighted by Crippen LogP contribution is -2.28. The molecule has 3 aromatic rings. The van der Waals surface area contributed by atoms with Gasteiger partial charge in [0, 0.05) is 18.7 Å². The molecule has 1 aromatic carbocycles. The van der Waals surface area contributed by atoms with Crippen LogP contribution in [-0.4, -0.2) is 45.7 Å². The predicted octanol–water partition coefficient (Wildman–Crippen LogP) is 2.25. The van der Waals surface area contributed by atoms with Gasteiger partial charge in [-0.2, -0.15) is 19.6 Å². The molecule has 1 aliphatic heterocycles. The summed E-state index contributed by atoms with van der Waals surface area (Å²) in [6, 6.07) is 8.88. The summed E-state index contributed by atoms with van der Waals surface area (Å²) in [5.74, 6) is 0.719. The van der Waals surface area contributed by atoms with E-state index in [4.69, 9.17) is 9.78 Å². The fourth-order valence-electron chi connectivity index (χ4n) is 3.52. The Morgan fingerprint density at radius 3 is 2.52 bits per heavy atom. The van der Waals surface area contributed by atoms with Gasteiger partial charge in [-0.15, -0.1) is 0 Å². The lowest BCUT2D eigenvalue weighted by Gasteiger charge is -2.15. The lowest BCUT2D eigenvalue weighted by molar-refractivity contribution is 0.418. The molecule has 1 fully saturated rings. The van der Waals surface area contributed by atoms with Crippen molar-refractivity contribution < 1.29 is 12.9 Å². The normalized spacial score (nSPS) is 14.9. The maximum atomic E-state index is 13.0. The minimum absolute atomic E-state index is 0.196. The lowest BCUT2D eigenvalue weighted by atomic mass is 10.1. The van der Waals surface area contributed by atoms with E-state index in [0.29, 0.717) is 47.3 Å². The van der Waals surface area contributed by atoms with Crippen LogP contribution >= 0.6 is 0 Å². The Labute approximate surface area is 168 Å². The van der Waals surface area contributed by atoms with E-state index < -0.39 is 10.0 Å². The second kappa shape index (κ2) is 7.42. The highest BCUT2D eigenvalue weighted by Gasteiger charge is 2.32. The molecule has 1 aliphatic rings. The first-order valence-corrected chi connectivity index (χ1v) is 10.7. The summed E-state index contributed by atoms with van der Waals surface area (Å²) in [6.45, 7) is 4.73. The smallest absolute Gasteiger partial charge is 0.257 e. The van der Waals surface area contributed by atoms with Crippen LogP contribution in [0.3, 0.4) is 0 Å². The van der Waals surface area contributed by atoms with Crippen LogP contribution in [0.1, 0.15) is 35.6 Å². The van der Waals surface area contributed by atoms with Crippen LogP contribution in [0.25, 0.3) is 11.5 Å². The number of nitriles is 1. The van der Waals surface area contributed by atoms with Crippen molar-refractivity contribution in [1.29, 1.82) is 5.26 Å². The summed E-state index contributed by atoms with van der Waals surface area (Å²) in [5, 5.41) is 17.3. The van der Waals surface area contributed by atoms with E-state index in [-0.39, 0.29) is 11.4 Å². The van der Waals surface area contributed by atoms with Gasteiger partial charge < -0.3 is 4.52 Å². The van der Waals surface area contributed by atoms with Crippen molar-refractivity contribution >= 4 is 10.0 Å². The summed E-state index contributed by atoms with van der Waals surface area (Å²) in [4.78, 5) is 4.63. The van der Waals surface area contributed by atoms with Crippen molar-refractivity contribution in [3.05, 3.63) is 47.0 Å². The second-order valence-electron chi connectivity index (χ2n) is 6.97. The van der Waals surface area contributed by atoms with E-state index in [2.05, 4.69) is 21.3 Å². The van der Waals surface area contributed by atoms with Crippen LogP contribution < -0.4 is 0 Å². The molecule has 150 valence electrons. The number of rotatable bonds is 5. The standard InChI is InChI=1S/C19H20N6O3S/c1-13-18(29(26,27)24-9-3-4-10-24)14(2)25(22-13)12-17-21-19(28-23-17)16-7-5-15(11-20)6-8-16/h5-8H,3-4,9-10,12H2,1-2H3. The van der Waals surface area contributed by atoms with Crippen LogP contribution in [0.15, 0.2) is 33.7 Å². The number of hydrogen-bond donors (Lipinski definition) is 0. The summed E-state index contributed by atoms with van der Waals surface area (Å²) >= 11 is 0. The summed E-state index contributed by atoms with van der Waals surface area (Å²) in [6.07, 6.45) is 1.76. The first kappa shape index (κ1) is 19.3. The molecule has 0 bridgehead atoms. The Morgan fingerprint density at radius 2 is 1.86 bits per heavy atom. The third-order valence-corrected chi connectivity index (χ3v) is 7.15. The first-order valence-electron chi connectivity index (χ1n) is 9.27. The van der Waals surface area contributed by atoms with Crippen LogP contribution in [0.2, 0.25) is 0 Å². The molecule has 1 saturated heterocycles. The maximum Gasteiger partial charge on any atom is 0.257 e. The van der Waals surface area contributed by atoms with Gasteiger partial charge in [-0.3, -0.25) is 4.68 Å². The summed E-state index contributed by atoms with van der Waals surface area (Å²) in [5.41, 5.74) is 2.26. The summed E-state index contributed by atoms with van der Waals surface area (Å²) in [7, 11) is -3.56. The molecule has 9 nitrogen and oxygen atoms in total. The molecule has 2 aromatic heterocycles. The van der Waals surface area contributed by atoms with E-state index in [0.717, 1.165) is 12.8 Å². The quantitative estimate of drug-likeness (QED) is 0.630. The number of aryl methyl sites for hydroxylation is 1. The molecule has 10 heteroatoms. The van der Waals surface area contributed by atoms with Gasteiger partial charge in [-0.1, -0.05) is 5.16 Å². The number of nitrogens with zero attached hydrogens (tertiary/aromatic N) is 6. The van der Waals surface area contributed by atoms with Gasteiger partial charge in [0.25, 0.3) is 5.89 Å². The number of sulfonamides is 1. The van der Waals surface area contributed by atoms with Gasteiger partial charge in [0.1, 0.15) is 11.4 Å². The van der Waals surface area contributed by atoms with Gasteiger partial charge in [-0.05, 0) is 51.0 Å². The number of hydrogen-bond acceptors (Lipinski definition) is 7. The first-order chi connectivity index (χ1) is 13.9. The highest BCUT2D eigenvalue weighted by Crippen LogP contribution is 2.27. The fourth-order valence-corrected chi connectivity index (χ4v) is 5.41. The third-order valence-electron chi connectivity index (χ3n) is 5.00. The van der Waals surface area contributed by atoms with E-state index in [1.165, 1.54) is 4.31 Å². The van der Waals surface area contributed by atoms with Gasteiger partial charge in [0.05, 0.1) is 23.0 Å². The molecule has 0 spiro atoms. The Morgan fingerprint density at radius 1 is 1.17 bits per heavy atom. The SMILES string of the molecule is Cc1nn(Cc2noc(-c3ccc(C#N)cc3)n2)c(C)c1S(=O)(=O)N1CCCC1. The number of benzene rings is 1. The van der Waals surface area contributed by atoms with Gasteiger partial charge in [-0.25, -0.2) is 8.42 Å². The molecule has 3 heterocycles. The Bertz CT molecular complexity index is 1180. The predicted molar refractivity (Wildman–Crippen MR) is 103 cm³/mol. The third kappa shape index (κ3) is 3.54. The Kier molecular flexibility index (Phi) is 4.94. The van der Waals surface area contributed by atoms with Gasteiger partial charge in [0.2, 0.25) is 10.0 Å². The average molecular weight is 412 g/mol. The van der Waals surface area contributed by atoms with E-state index in [9.17, 15) is 8.42 Å². The molecule has 0 radical (unpaired) electrons. The topological polar surface area (TPSA) is 118 Å². The minimum Gasteiger partial charge on any atom is -0.334 e. The van der Waals surface area contributed by atoms with E-state index in [1.807, 2.05) is 0 Å². The molecule has 0 atom stereocenters. The van der Waals surface area contributed by atoms with Crippen molar-refractivity contribution in [3.8, 4) is 17.5 Å². The zero-order chi connectivity index (χ0) is 20.6. The molecule has 29 heavy (non-hydrogen) atoms. The minimum atomic E-state index is -3.56. The van der Waals surface area contributed by atoms with Gasteiger partial charge >= 0.3 is 0 Å². The zero-order valence-corrected chi connectivity index (χ0v) is 17.0. The van der Waals surface area contributed by atoms with Crippen molar-refractivity contribution in [2.75, 3.05) is 13.1 Å². The van der Waals surface area contributed by atoms with Crippen LogP contribution in [0.5, 0.6) is 0 Å². The molecular formula is C19H20N6O3S. The Hall–Kier alpha value is -3.03. The molecule has 0 unspecified atom stereocenters. The number of aromatic nitrogens is 4. The maximum absolute atomic E-state index is 13.0. The highest BCUT2D eigenvalue weighted by molar-refractivity contribution is 7.89. The molecule has 4 rings (SSSR count). The van der Waals surface area contributed by atoms with Crippen LogP contribution in [0, 0.1) is 25.2 Å². The van der Waals surface area contributed by atoms with Crippen LogP contribution in [0.4, 0.5) is 0 Å². The molecule has 0 saturated carbocycles. The van der Waals surface area contributed by atoms with E-state index >= 15 is 0 Å². The van der Waals surface area contributed by atoms with Crippen molar-refractivity contribution in [2.24, 2.45) is 0 Å². The summed E-state index contributed by atoms with van der Waals surface area (Å²) < 4.78 is 34.4. The fraction of sp³-hybridized carbons (Fsp3) is 0.368. The molecular weight excluding hydrogens is 392 g/mol. The molecule has 0 aliphatic carbocycles. The molecule has 0 N–H and O–H groups in total. The highest BCUT2D eigenvalue weighted by atomic mass is 32.2. The van der Waals surface area contributed by atoms with Crippen molar-refractivity contribution in [2.45, 2.75) is 38.1 Å². The largest absolute Gasteiger partial charge is 0.334 e. The van der Waals surface area contributed by atoms with Crippen LogP contribution in [-0.2, 0) is 16.6 Å². The van der Waals surface area contributed by atoms with E-state index in [1.54, 1.807) is 42.8 Å².